The third kappa shape index (κ3) is 3.69. The molecule has 0 bridgehead atoms. The maximum absolute atomic E-state index is 5.90. The van der Waals surface area contributed by atoms with E-state index >= 15 is 0 Å². The van der Waals surface area contributed by atoms with Gasteiger partial charge in [-0.2, -0.15) is 0 Å². The molecular formula is C14H22N2. The summed E-state index contributed by atoms with van der Waals surface area (Å²) in [6, 6.07) is 8.41. The Morgan fingerprint density at radius 2 is 1.88 bits per heavy atom. The lowest BCUT2D eigenvalue weighted by atomic mass is 9.95. The summed E-state index contributed by atoms with van der Waals surface area (Å²) in [5.41, 5.74) is 8.56. The number of aryl methyl sites for hydroxylation is 1. The van der Waals surface area contributed by atoms with Crippen LogP contribution >= 0.6 is 0 Å². The van der Waals surface area contributed by atoms with Crippen molar-refractivity contribution in [2.45, 2.75) is 34.1 Å². The molecule has 1 aromatic rings. The van der Waals surface area contributed by atoms with Gasteiger partial charge in [0, 0.05) is 12.0 Å². The second kappa shape index (κ2) is 5.15. The maximum Gasteiger partial charge on any atom is 0.0991 e. The van der Waals surface area contributed by atoms with Crippen LogP contribution < -0.4 is 5.73 Å². The first kappa shape index (κ1) is 12.8. The Bertz CT molecular complexity index is 373. The van der Waals surface area contributed by atoms with Gasteiger partial charge in [-0.3, -0.25) is 4.99 Å². The molecule has 0 spiro atoms. The zero-order valence-electron chi connectivity index (χ0n) is 10.7. The smallest absolute Gasteiger partial charge is 0.0991 e. The van der Waals surface area contributed by atoms with Gasteiger partial charge in [-0.1, -0.05) is 45.0 Å². The average Bonchev–Trinajstić information content (AvgIpc) is 2.19. The van der Waals surface area contributed by atoms with Crippen molar-refractivity contribution in [3.63, 3.8) is 0 Å². The fourth-order valence-corrected chi connectivity index (χ4v) is 1.42. The summed E-state index contributed by atoms with van der Waals surface area (Å²) in [4.78, 5) is 4.43. The molecule has 0 aliphatic rings. The second-order valence-electron chi connectivity index (χ2n) is 5.19. The molecule has 0 aromatic heterocycles. The summed E-state index contributed by atoms with van der Waals surface area (Å²) in [5.74, 6) is 0.737. The number of rotatable bonds is 3. The van der Waals surface area contributed by atoms with Gasteiger partial charge >= 0.3 is 0 Å². The van der Waals surface area contributed by atoms with Gasteiger partial charge in [0.2, 0.25) is 0 Å². The van der Waals surface area contributed by atoms with E-state index in [1.54, 1.807) is 0 Å². The van der Waals surface area contributed by atoms with Gasteiger partial charge in [0.1, 0.15) is 0 Å². The lowest BCUT2D eigenvalue weighted by Gasteiger charge is -2.17. The highest BCUT2D eigenvalue weighted by atomic mass is 14.9. The molecular weight excluding hydrogens is 196 g/mol. The van der Waals surface area contributed by atoms with Crippen LogP contribution in [0.3, 0.4) is 0 Å². The van der Waals surface area contributed by atoms with Gasteiger partial charge in [0.15, 0.2) is 0 Å². The van der Waals surface area contributed by atoms with Crippen molar-refractivity contribution < 1.29 is 0 Å². The molecule has 88 valence electrons. The highest BCUT2D eigenvalue weighted by Gasteiger charge is 2.14. The molecule has 2 heteroatoms. The number of hydrogen-bond donors (Lipinski definition) is 1. The molecule has 0 heterocycles. The van der Waals surface area contributed by atoms with Crippen LogP contribution in [0.25, 0.3) is 0 Å². The van der Waals surface area contributed by atoms with E-state index in [1.807, 2.05) is 0 Å². The zero-order valence-corrected chi connectivity index (χ0v) is 10.7. The Kier molecular flexibility index (Phi) is 4.11. The van der Waals surface area contributed by atoms with E-state index in [-0.39, 0.29) is 5.41 Å². The van der Waals surface area contributed by atoms with Crippen LogP contribution in [0.2, 0.25) is 0 Å². The van der Waals surface area contributed by atoms with E-state index in [4.69, 9.17) is 5.73 Å². The van der Waals surface area contributed by atoms with Gasteiger partial charge in [0.25, 0.3) is 0 Å². The SMILES string of the molecule is Cc1ccccc1CCN=C(N)C(C)(C)C. The van der Waals surface area contributed by atoms with Gasteiger partial charge in [-0.15, -0.1) is 0 Å². The van der Waals surface area contributed by atoms with Crippen molar-refractivity contribution in [1.29, 1.82) is 0 Å². The van der Waals surface area contributed by atoms with E-state index in [0.717, 1.165) is 18.8 Å². The van der Waals surface area contributed by atoms with Crippen molar-refractivity contribution in [2.24, 2.45) is 16.1 Å². The predicted molar refractivity (Wildman–Crippen MR) is 70.8 cm³/mol. The zero-order chi connectivity index (χ0) is 12.2. The predicted octanol–water partition coefficient (Wildman–Crippen LogP) is 2.94. The number of nitrogens with two attached hydrogens (primary N) is 1. The molecule has 0 saturated heterocycles. The molecule has 0 unspecified atom stereocenters. The fourth-order valence-electron chi connectivity index (χ4n) is 1.42. The Hall–Kier alpha value is -1.31. The molecule has 0 aliphatic heterocycles. The Balaban J connectivity index is 2.57. The van der Waals surface area contributed by atoms with E-state index in [9.17, 15) is 0 Å². The molecule has 1 aromatic carbocycles. The van der Waals surface area contributed by atoms with Crippen LogP contribution in [0.1, 0.15) is 31.9 Å². The Morgan fingerprint density at radius 3 is 2.44 bits per heavy atom. The molecule has 16 heavy (non-hydrogen) atoms. The van der Waals surface area contributed by atoms with E-state index in [2.05, 4.69) is 57.0 Å². The van der Waals surface area contributed by atoms with Crippen LogP contribution in [-0.4, -0.2) is 12.4 Å². The van der Waals surface area contributed by atoms with Crippen molar-refractivity contribution in [3.8, 4) is 0 Å². The van der Waals surface area contributed by atoms with Gasteiger partial charge in [-0.05, 0) is 24.5 Å². The fraction of sp³-hybridized carbons (Fsp3) is 0.500. The summed E-state index contributed by atoms with van der Waals surface area (Å²) in [6.07, 6.45) is 0.962. The minimum Gasteiger partial charge on any atom is -0.387 e. The first-order chi connectivity index (χ1) is 7.41. The largest absolute Gasteiger partial charge is 0.387 e. The Morgan fingerprint density at radius 1 is 1.25 bits per heavy atom. The number of benzene rings is 1. The van der Waals surface area contributed by atoms with Crippen LogP contribution in [0.4, 0.5) is 0 Å². The summed E-state index contributed by atoms with van der Waals surface area (Å²) in [6.45, 7) is 9.15. The molecule has 2 nitrogen and oxygen atoms in total. The molecule has 0 aliphatic carbocycles. The molecule has 1 rings (SSSR count). The minimum absolute atomic E-state index is 0.0221. The summed E-state index contributed by atoms with van der Waals surface area (Å²) >= 11 is 0. The van der Waals surface area contributed by atoms with E-state index in [1.165, 1.54) is 11.1 Å². The maximum atomic E-state index is 5.90. The van der Waals surface area contributed by atoms with Gasteiger partial charge in [0.05, 0.1) is 5.84 Å². The highest BCUT2D eigenvalue weighted by Crippen LogP contribution is 2.13. The third-order valence-electron chi connectivity index (χ3n) is 2.69. The van der Waals surface area contributed by atoms with Crippen molar-refractivity contribution in [1.82, 2.24) is 0 Å². The summed E-state index contributed by atoms with van der Waals surface area (Å²) in [7, 11) is 0. The topological polar surface area (TPSA) is 38.4 Å². The lowest BCUT2D eigenvalue weighted by molar-refractivity contribution is 0.581. The average molecular weight is 218 g/mol. The van der Waals surface area contributed by atoms with E-state index in [0.29, 0.717) is 0 Å². The second-order valence-corrected chi connectivity index (χ2v) is 5.19. The van der Waals surface area contributed by atoms with Crippen LogP contribution in [0.15, 0.2) is 29.3 Å². The first-order valence-electron chi connectivity index (χ1n) is 5.76. The highest BCUT2D eigenvalue weighted by molar-refractivity contribution is 5.85. The molecule has 2 N–H and O–H groups in total. The summed E-state index contributed by atoms with van der Waals surface area (Å²) in [5, 5.41) is 0. The third-order valence-corrected chi connectivity index (χ3v) is 2.69. The molecule has 0 fully saturated rings. The van der Waals surface area contributed by atoms with Crippen molar-refractivity contribution >= 4 is 5.84 Å². The lowest BCUT2D eigenvalue weighted by Crippen LogP contribution is -2.29. The van der Waals surface area contributed by atoms with Gasteiger partial charge < -0.3 is 5.73 Å². The summed E-state index contributed by atoms with van der Waals surface area (Å²) < 4.78 is 0. The molecule has 0 radical (unpaired) electrons. The molecule has 0 amide bonds. The van der Waals surface area contributed by atoms with Gasteiger partial charge in [-0.25, -0.2) is 0 Å². The standard InChI is InChI=1S/C14H22N2/c1-11-7-5-6-8-12(11)9-10-16-13(15)14(2,3)4/h5-8H,9-10H2,1-4H3,(H2,15,16). The first-order valence-corrected chi connectivity index (χ1v) is 5.76. The van der Waals surface area contributed by atoms with Crippen LogP contribution in [0, 0.1) is 12.3 Å². The number of nitrogens with zero attached hydrogens (tertiary/aromatic N) is 1. The van der Waals surface area contributed by atoms with E-state index < -0.39 is 0 Å². The normalized spacial score (nSPS) is 12.9. The van der Waals surface area contributed by atoms with Crippen molar-refractivity contribution in [3.05, 3.63) is 35.4 Å². The van der Waals surface area contributed by atoms with Crippen molar-refractivity contribution in [2.75, 3.05) is 6.54 Å². The molecule has 0 saturated carbocycles. The monoisotopic (exact) mass is 218 g/mol. The van der Waals surface area contributed by atoms with Crippen LogP contribution in [0.5, 0.6) is 0 Å². The quantitative estimate of drug-likeness (QED) is 0.615. The number of aliphatic imine (C=N–C) groups is 1. The molecule has 0 atom stereocenters. The Labute approximate surface area is 98.6 Å². The number of amidine groups is 1. The minimum atomic E-state index is -0.0221. The van der Waals surface area contributed by atoms with Crippen LogP contribution in [-0.2, 0) is 6.42 Å². The number of hydrogen-bond acceptors (Lipinski definition) is 1.